The monoisotopic (exact) mass is 175 g/mol. The molecule has 0 spiro atoms. The van der Waals surface area contributed by atoms with Gasteiger partial charge in [0.25, 0.3) is 0 Å². The summed E-state index contributed by atoms with van der Waals surface area (Å²) in [6.45, 7) is 0. The van der Waals surface area contributed by atoms with Gasteiger partial charge in [0.15, 0.2) is 0 Å². The molecule has 1 rings (SSSR count). The predicted octanol–water partition coefficient (Wildman–Crippen LogP) is 0.743. The van der Waals surface area contributed by atoms with Crippen LogP contribution < -0.4 is 0 Å². The van der Waals surface area contributed by atoms with Crippen molar-refractivity contribution < 1.29 is 9.59 Å². The molecule has 1 aliphatic heterocycles. The van der Waals surface area contributed by atoms with E-state index in [1.54, 1.807) is 0 Å². The van der Waals surface area contributed by atoms with Crippen LogP contribution in [-0.4, -0.2) is 35.3 Å². The first kappa shape index (κ1) is 10.5. The molecule has 4 heteroatoms. The maximum atomic E-state index is 11.0. The van der Waals surface area contributed by atoms with E-state index in [4.69, 9.17) is 0 Å². The average molecular weight is 175 g/mol. The summed E-state index contributed by atoms with van der Waals surface area (Å²) in [5.41, 5.74) is 0. The van der Waals surface area contributed by atoms with Gasteiger partial charge in [-0.2, -0.15) is 11.8 Å². The van der Waals surface area contributed by atoms with Gasteiger partial charge in [0.1, 0.15) is 0 Å². The summed E-state index contributed by atoms with van der Waals surface area (Å²) < 4.78 is 0. The van der Waals surface area contributed by atoms with Gasteiger partial charge in [-0.1, -0.05) is 7.43 Å². The van der Waals surface area contributed by atoms with Gasteiger partial charge in [-0.15, -0.1) is 0 Å². The zero-order valence-corrected chi connectivity index (χ0v) is 6.77. The predicted molar refractivity (Wildman–Crippen MR) is 46.4 cm³/mol. The molecule has 1 unspecified atom stereocenters. The Morgan fingerprint density at radius 3 is 2.27 bits per heavy atom. The van der Waals surface area contributed by atoms with Crippen LogP contribution in [0.5, 0.6) is 0 Å². The van der Waals surface area contributed by atoms with Gasteiger partial charge in [0.05, 0.1) is 5.25 Å². The standard InChI is InChI=1S/C6H9NO2S.CH4/c1-7-5(8)3-4(10-2)6(7)9;/h4H,3H2,1-2H3;1H4. The number of nitrogens with zero attached hydrogens (tertiary/aromatic N) is 1. The SMILES string of the molecule is C.CSC1CC(=O)N(C)C1=O. The largest absolute Gasteiger partial charge is 0.285 e. The molecule has 2 amide bonds. The number of hydrogen-bond acceptors (Lipinski definition) is 3. The first-order chi connectivity index (χ1) is 4.66. The second-order valence-electron chi connectivity index (χ2n) is 2.22. The molecule has 0 aliphatic carbocycles. The van der Waals surface area contributed by atoms with Gasteiger partial charge in [0.2, 0.25) is 11.8 Å². The van der Waals surface area contributed by atoms with E-state index in [1.807, 2.05) is 6.26 Å². The Kier molecular flexibility index (Phi) is 3.58. The van der Waals surface area contributed by atoms with E-state index in [2.05, 4.69) is 0 Å². The summed E-state index contributed by atoms with van der Waals surface area (Å²) in [7, 11) is 1.53. The number of likely N-dealkylation sites (tertiary alicyclic amines) is 1. The average Bonchev–Trinajstić information content (AvgIpc) is 2.17. The number of carbonyl (C=O) groups excluding carboxylic acids is 2. The Morgan fingerprint density at radius 1 is 1.55 bits per heavy atom. The van der Waals surface area contributed by atoms with E-state index >= 15 is 0 Å². The van der Waals surface area contributed by atoms with Crippen molar-refractivity contribution in [1.82, 2.24) is 4.90 Å². The van der Waals surface area contributed by atoms with E-state index in [1.165, 1.54) is 23.7 Å². The van der Waals surface area contributed by atoms with Crippen LogP contribution in [0.4, 0.5) is 0 Å². The third kappa shape index (κ3) is 1.74. The number of hydrogen-bond donors (Lipinski definition) is 0. The molecule has 64 valence electrons. The maximum Gasteiger partial charge on any atom is 0.242 e. The third-order valence-corrected chi connectivity index (χ3v) is 2.56. The Labute approximate surface area is 71.1 Å². The first-order valence-corrected chi connectivity index (χ1v) is 4.29. The van der Waals surface area contributed by atoms with Gasteiger partial charge in [-0.05, 0) is 6.26 Å². The van der Waals surface area contributed by atoms with Gasteiger partial charge >= 0.3 is 0 Å². The molecule has 0 radical (unpaired) electrons. The fraction of sp³-hybridized carbons (Fsp3) is 0.714. The minimum absolute atomic E-state index is 0. The lowest BCUT2D eigenvalue weighted by Crippen LogP contribution is -2.26. The molecule has 3 nitrogen and oxygen atoms in total. The highest BCUT2D eigenvalue weighted by atomic mass is 32.2. The third-order valence-electron chi connectivity index (χ3n) is 1.62. The van der Waals surface area contributed by atoms with E-state index in [0.717, 1.165) is 0 Å². The van der Waals surface area contributed by atoms with Gasteiger partial charge in [-0.25, -0.2) is 0 Å². The topological polar surface area (TPSA) is 37.4 Å². The second-order valence-corrected chi connectivity index (χ2v) is 3.26. The van der Waals surface area contributed by atoms with E-state index in [9.17, 15) is 9.59 Å². The Hall–Kier alpha value is -0.510. The molecule has 0 N–H and O–H groups in total. The van der Waals surface area contributed by atoms with Crippen molar-refractivity contribution in [2.45, 2.75) is 19.1 Å². The summed E-state index contributed by atoms with van der Waals surface area (Å²) in [4.78, 5) is 23.1. The van der Waals surface area contributed by atoms with Crippen LogP contribution in [0, 0.1) is 0 Å². The van der Waals surface area contributed by atoms with Crippen molar-refractivity contribution in [3.05, 3.63) is 0 Å². The number of carbonyl (C=O) groups is 2. The molecule has 1 fully saturated rings. The molecular formula is C7H13NO2S. The van der Waals surface area contributed by atoms with Crippen molar-refractivity contribution in [1.29, 1.82) is 0 Å². The number of imide groups is 1. The Balaban J connectivity index is 0.000001000. The minimum atomic E-state index is -0.127. The van der Waals surface area contributed by atoms with Crippen LogP contribution in [0.1, 0.15) is 13.8 Å². The number of rotatable bonds is 1. The molecule has 1 aliphatic rings. The van der Waals surface area contributed by atoms with Crippen LogP contribution in [0.3, 0.4) is 0 Å². The molecule has 0 aromatic rings. The lowest BCUT2D eigenvalue weighted by molar-refractivity contribution is -0.136. The van der Waals surface area contributed by atoms with Crippen LogP contribution in [-0.2, 0) is 9.59 Å². The molecule has 0 bridgehead atoms. The highest BCUT2D eigenvalue weighted by molar-refractivity contribution is 8.00. The normalized spacial score (nSPS) is 23.8. The van der Waals surface area contributed by atoms with Crippen LogP contribution in [0.25, 0.3) is 0 Å². The maximum absolute atomic E-state index is 11.0. The van der Waals surface area contributed by atoms with Gasteiger partial charge in [-0.3, -0.25) is 14.5 Å². The quantitative estimate of drug-likeness (QED) is 0.552. The van der Waals surface area contributed by atoms with E-state index < -0.39 is 0 Å². The molecule has 11 heavy (non-hydrogen) atoms. The Bertz CT molecular complexity index is 181. The molecule has 0 aromatic heterocycles. The second kappa shape index (κ2) is 3.76. The van der Waals surface area contributed by atoms with Gasteiger partial charge in [0, 0.05) is 13.5 Å². The van der Waals surface area contributed by atoms with Crippen LogP contribution in [0.15, 0.2) is 0 Å². The van der Waals surface area contributed by atoms with Crippen LogP contribution in [0.2, 0.25) is 0 Å². The molecule has 1 heterocycles. The van der Waals surface area contributed by atoms with Crippen LogP contribution >= 0.6 is 11.8 Å². The zero-order valence-electron chi connectivity index (χ0n) is 5.96. The lowest BCUT2D eigenvalue weighted by atomic mass is 10.4. The van der Waals surface area contributed by atoms with Crippen molar-refractivity contribution >= 4 is 23.6 Å². The highest BCUT2D eigenvalue weighted by Gasteiger charge is 2.34. The summed E-state index contributed by atoms with van der Waals surface area (Å²) in [6.07, 6.45) is 2.21. The minimum Gasteiger partial charge on any atom is -0.285 e. The number of thioether (sulfide) groups is 1. The fourth-order valence-corrected chi connectivity index (χ4v) is 1.57. The smallest absolute Gasteiger partial charge is 0.242 e. The molecule has 1 saturated heterocycles. The Morgan fingerprint density at radius 2 is 2.09 bits per heavy atom. The number of amides is 2. The van der Waals surface area contributed by atoms with E-state index in [0.29, 0.717) is 6.42 Å². The summed E-state index contributed by atoms with van der Waals surface area (Å²) in [6, 6.07) is 0. The van der Waals surface area contributed by atoms with Crippen molar-refractivity contribution in [2.24, 2.45) is 0 Å². The highest BCUT2D eigenvalue weighted by Crippen LogP contribution is 2.21. The van der Waals surface area contributed by atoms with E-state index in [-0.39, 0.29) is 24.5 Å². The zero-order chi connectivity index (χ0) is 7.72. The summed E-state index contributed by atoms with van der Waals surface area (Å²) >= 11 is 1.44. The fourth-order valence-electron chi connectivity index (χ4n) is 0.906. The molecular weight excluding hydrogens is 162 g/mol. The molecule has 0 saturated carbocycles. The first-order valence-electron chi connectivity index (χ1n) is 3.00. The van der Waals surface area contributed by atoms with Gasteiger partial charge < -0.3 is 0 Å². The molecule has 1 atom stereocenters. The summed E-state index contributed by atoms with van der Waals surface area (Å²) in [5, 5.41) is -0.127. The lowest BCUT2D eigenvalue weighted by Gasteiger charge is -2.04. The van der Waals surface area contributed by atoms with Crippen molar-refractivity contribution in [3.63, 3.8) is 0 Å². The van der Waals surface area contributed by atoms with Crippen molar-refractivity contribution in [2.75, 3.05) is 13.3 Å². The molecule has 0 aromatic carbocycles. The van der Waals surface area contributed by atoms with Crippen molar-refractivity contribution in [3.8, 4) is 0 Å². The summed E-state index contributed by atoms with van der Waals surface area (Å²) in [5.74, 6) is -0.123.